The lowest BCUT2D eigenvalue weighted by atomic mass is 10.1. The van der Waals surface area contributed by atoms with Gasteiger partial charge in [0.05, 0.1) is 19.9 Å². The van der Waals surface area contributed by atoms with E-state index in [4.69, 9.17) is 14.5 Å². The maximum atomic E-state index is 5.37. The van der Waals surface area contributed by atoms with Gasteiger partial charge in [-0.15, -0.1) is 11.3 Å². The monoisotopic (exact) mass is 306 g/mol. The van der Waals surface area contributed by atoms with Gasteiger partial charge < -0.3 is 14.8 Å². The van der Waals surface area contributed by atoms with Crippen LogP contribution in [-0.2, 0) is 6.54 Å². The van der Waals surface area contributed by atoms with E-state index in [1.807, 2.05) is 25.2 Å². The largest absolute Gasteiger partial charge is 0.493 e. The molecule has 0 spiro atoms. The Bertz CT molecular complexity index is 608. The van der Waals surface area contributed by atoms with Crippen molar-refractivity contribution in [3.63, 3.8) is 0 Å². The van der Waals surface area contributed by atoms with Crippen LogP contribution < -0.4 is 14.8 Å². The molecule has 21 heavy (non-hydrogen) atoms. The van der Waals surface area contributed by atoms with Crippen LogP contribution in [0.3, 0.4) is 0 Å². The summed E-state index contributed by atoms with van der Waals surface area (Å²) in [6.07, 6.45) is 0. The summed E-state index contributed by atoms with van der Waals surface area (Å²) in [4.78, 5) is 6.10. The molecule has 1 heterocycles. The highest BCUT2D eigenvalue weighted by molar-refractivity contribution is 7.15. The molecule has 2 rings (SSSR count). The molecule has 0 bridgehead atoms. The number of aromatic nitrogens is 1. The molecule has 1 aromatic heterocycles. The van der Waals surface area contributed by atoms with Crippen LogP contribution in [-0.4, -0.2) is 26.3 Å². The first kappa shape index (κ1) is 15.8. The number of benzene rings is 1. The van der Waals surface area contributed by atoms with Crippen molar-refractivity contribution in [1.29, 1.82) is 0 Å². The number of hydrogen-bond donors (Lipinski definition) is 1. The highest BCUT2D eigenvalue weighted by Crippen LogP contribution is 2.36. The van der Waals surface area contributed by atoms with Gasteiger partial charge in [0.1, 0.15) is 5.01 Å². The fourth-order valence-electron chi connectivity index (χ4n) is 2.19. The number of ether oxygens (including phenoxy) is 2. The zero-order valence-corrected chi connectivity index (χ0v) is 14.0. The zero-order chi connectivity index (χ0) is 15.4. The molecule has 114 valence electrons. The molecule has 0 amide bonds. The SMILES string of the molecule is CNCc1sc(-c2ccc(OC)c(OC)c2)nc1C(C)C. The fraction of sp³-hybridized carbons (Fsp3) is 0.438. The number of hydrogen-bond acceptors (Lipinski definition) is 5. The summed E-state index contributed by atoms with van der Waals surface area (Å²) in [5.41, 5.74) is 2.22. The lowest BCUT2D eigenvalue weighted by Crippen LogP contribution is -2.06. The number of rotatable bonds is 6. The summed E-state index contributed by atoms with van der Waals surface area (Å²) in [5.74, 6) is 1.88. The molecule has 0 fully saturated rings. The number of nitrogens with one attached hydrogen (secondary N) is 1. The van der Waals surface area contributed by atoms with E-state index in [1.165, 1.54) is 10.6 Å². The van der Waals surface area contributed by atoms with E-state index in [-0.39, 0.29) is 0 Å². The Balaban J connectivity index is 2.44. The third kappa shape index (κ3) is 3.36. The van der Waals surface area contributed by atoms with E-state index in [0.717, 1.165) is 28.6 Å². The molecule has 0 aliphatic carbocycles. The van der Waals surface area contributed by atoms with Gasteiger partial charge in [-0.3, -0.25) is 0 Å². The molecule has 2 aromatic rings. The van der Waals surface area contributed by atoms with Crippen LogP contribution in [0, 0.1) is 0 Å². The topological polar surface area (TPSA) is 43.4 Å². The fourth-order valence-corrected chi connectivity index (χ4v) is 3.42. The maximum absolute atomic E-state index is 5.37. The third-order valence-corrected chi connectivity index (χ3v) is 4.36. The normalized spacial score (nSPS) is 11.0. The number of thiazole rings is 1. The highest BCUT2D eigenvalue weighted by Gasteiger charge is 2.16. The van der Waals surface area contributed by atoms with Crippen molar-refractivity contribution in [2.75, 3.05) is 21.3 Å². The molecular weight excluding hydrogens is 284 g/mol. The van der Waals surface area contributed by atoms with Crippen molar-refractivity contribution in [2.45, 2.75) is 26.3 Å². The predicted octanol–water partition coefficient (Wildman–Crippen LogP) is 3.67. The molecule has 4 nitrogen and oxygen atoms in total. The third-order valence-electron chi connectivity index (χ3n) is 3.24. The molecular formula is C16H22N2O2S. The van der Waals surface area contributed by atoms with Gasteiger partial charge in [-0.25, -0.2) is 4.98 Å². The molecule has 0 aliphatic rings. The van der Waals surface area contributed by atoms with Crippen molar-refractivity contribution in [1.82, 2.24) is 10.3 Å². The summed E-state index contributed by atoms with van der Waals surface area (Å²) in [6, 6.07) is 5.92. The van der Waals surface area contributed by atoms with Crippen molar-refractivity contribution < 1.29 is 9.47 Å². The van der Waals surface area contributed by atoms with Gasteiger partial charge >= 0.3 is 0 Å². The Morgan fingerprint density at radius 2 is 1.90 bits per heavy atom. The van der Waals surface area contributed by atoms with Gasteiger partial charge in [0.2, 0.25) is 0 Å². The summed E-state index contributed by atoms with van der Waals surface area (Å²) < 4.78 is 10.7. The van der Waals surface area contributed by atoms with Gasteiger partial charge in [0, 0.05) is 17.0 Å². The van der Waals surface area contributed by atoms with E-state index in [1.54, 1.807) is 25.6 Å². The van der Waals surface area contributed by atoms with Gasteiger partial charge in [0.25, 0.3) is 0 Å². The molecule has 0 unspecified atom stereocenters. The molecule has 0 saturated carbocycles. The van der Waals surface area contributed by atoms with Gasteiger partial charge in [-0.05, 0) is 31.2 Å². The molecule has 0 saturated heterocycles. The number of methoxy groups -OCH3 is 2. The van der Waals surface area contributed by atoms with Crippen LogP contribution in [0.4, 0.5) is 0 Å². The zero-order valence-electron chi connectivity index (χ0n) is 13.2. The lowest BCUT2D eigenvalue weighted by molar-refractivity contribution is 0.355. The van der Waals surface area contributed by atoms with Crippen LogP contribution >= 0.6 is 11.3 Å². The minimum Gasteiger partial charge on any atom is -0.493 e. The second-order valence-electron chi connectivity index (χ2n) is 5.08. The van der Waals surface area contributed by atoms with Crippen molar-refractivity contribution in [3.8, 4) is 22.1 Å². The second kappa shape index (κ2) is 6.91. The van der Waals surface area contributed by atoms with E-state index in [0.29, 0.717) is 5.92 Å². The van der Waals surface area contributed by atoms with Crippen molar-refractivity contribution in [2.24, 2.45) is 0 Å². The predicted molar refractivity (Wildman–Crippen MR) is 87.5 cm³/mol. The molecule has 5 heteroatoms. The van der Waals surface area contributed by atoms with Crippen molar-refractivity contribution >= 4 is 11.3 Å². The molecule has 0 atom stereocenters. The maximum Gasteiger partial charge on any atom is 0.161 e. The Kier molecular flexibility index (Phi) is 5.20. The van der Waals surface area contributed by atoms with Gasteiger partial charge in [-0.2, -0.15) is 0 Å². The first-order chi connectivity index (χ1) is 10.1. The standard InChI is InChI=1S/C16H22N2O2S/c1-10(2)15-14(9-17-3)21-16(18-15)11-6-7-12(19-4)13(8-11)20-5/h6-8,10,17H,9H2,1-5H3. The van der Waals surface area contributed by atoms with Crippen LogP contribution in [0.1, 0.15) is 30.3 Å². The van der Waals surface area contributed by atoms with Crippen LogP contribution in [0.25, 0.3) is 10.6 Å². The van der Waals surface area contributed by atoms with Crippen LogP contribution in [0.2, 0.25) is 0 Å². The second-order valence-corrected chi connectivity index (χ2v) is 6.17. The van der Waals surface area contributed by atoms with E-state index >= 15 is 0 Å². The Labute approximate surface area is 130 Å². The molecule has 0 aliphatic heterocycles. The highest BCUT2D eigenvalue weighted by atomic mass is 32.1. The lowest BCUT2D eigenvalue weighted by Gasteiger charge is -2.08. The minimum atomic E-state index is 0.415. The summed E-state index contributed by atoms with van der Waals surface area (Å²) >= 11 is 1.73. The van der Waals surface area contributed by atoms with E-state index in [2.05, 4.69) is 19.2 Å². The molecule has 1 aromatic carbocycles. The quantitative estimate of drug-likeness (QED) is 0.884. The van der Waals surface area contributed by atoms with Crippen LogP contribution in [0.5, 0.6) is 11.5 Å². The summed E-state index contributed by atoms with van der Waals surface area (Å²) in [7, 11) is 5.25. The van der Waals surface area contributed by atoms with E-state index < -0.39 is 0 Å². The Morgan fingerprint density at radius 1 is 1.19 bits per heavy atom. The Morgan fingerprint density at radius 3 is 2.48 bits per heavy atom. The van der Waals surface area contributed by atoms with Gasteiger partial charge in [-0.1, -0.05) is 13.8 Å². The average molecular weight is 306 g/mol. The van der Waals surface area contributed by atoms with Crippen LogP contribution in [0.15, 0.2) is 18.2 Å². The smallest absolute Gasteiger partial charge is 0.161 e. The Hall–Kier alpha value is -1.59. The molecule has 1 N–H and O–H groups in total. The first-order valence-electron chi connectivity index (χ1n) is 6.97. The average Bonchev–Trinajstić information content (AvgIpc) is 2.91. The number of nitrogens with zero attached hydrogens (tertiary/aromatic N) is 1. The van der Waals surface area contributed by atoms with Gasteiger partial charge in [0.15, 0.2) is 11.5 Å². The van der Waals surface area contributed by atoms with Crippen molar-refractivity contribution in [3.05, 3.63) is 28.8 Å². The first-order valence-corrected chi connectivity index (χ1v) is 7.79. The minimum absolute atomic E-state index is 0.415. The molecule has 0 radical (unpaired) electrons. The summed E-state index contributed by atoms with van der Waals surface area (Å²) in [5, 5.41) is 4.23. The van der Waals surface area contributed by atoms with E-state index in [9.17, 15) is 0 Å². The summed E-state index contributed by atoms with van der Waals surface area (Å²) in [6.45, 7) is 5.19.